The van der Waals surface area contributed by atoms with Crippen molar-refractivity contribution in [1.29, 1.82) is 0 Å². The van der Waals surface area contributed by atoms with Crippen LogP contribution < -0.4 is 0 Å². The molecule has 5 heteroatoms. The number of hydrogen-bond donors (Lipinski definition) is 0. The lowest BCUT2D eigenvalue weighted by molar-refractivity contribution is 0.669. The van der Waals surface area contributed by atoms with Gasteiger partial charge in [-0.1, -0.05) is 146 Å². The lowest BCUT2D eigenvalue weighted by Crippen LogP contribution is -2.00. The number of benzene rings is 9. The molecule has 0 amide bonds. The molecular formula is C51H29N3O2. The molecule has 260 valence electrons. The number of nitrogens with zero attached hydrogens (tertiary/aromatic N) is 3. The lowest BCUT2D eigenvalue weighted by atomic mass is 9.96. The molecule has 0 aliphatic carbocycles. The van der Waals surface area contributed by atoms with E-state index in [4.69, 9.17) is 23.8 Å². The molecule has 0 bridgehead atoms. The summed E-state index contributed by atoms with van der Waals surface area (Å²) in [6.07, 6.45) is 0. The van der Waals surface area contributed by atoms with E-state index in [1.54, 1.807) is 0 Å². The van der Waals surface area contributed by atoms with Crippen molar-refractivity contribution in [3.8, 4) is 45.3 Å². The standard InChI is InChI=1S/C51H29N3O2/c1-2-12-33-28-35(27-22-30(33)10-1)49-52-50(40-17-8-20-44-46(40)38-14-5-6-19-43(38)55-44)54-51(53-49)41-18-9-21-45-47(41)39-16-7-15-37(48(39)56-45)34-26-25-32-24-23-31-11-3-4-13-36(31)42(32)29-34/h1-29H. The molecule has 0 atom stereocenters. The number of furan rings is 2. The Morgan fingerprint density at radius 2 is 0.839 bits per heavy atom. The molecule has 3 heterocycles. The minimum absolute atomic E-state index is 0.568. The first kappa shape index (κ1) is 30.8. The SMILES string of the molecule is c1ccc2cc(-c3nc(-c4cccc5oc6ccccc6c45)nc(-c4cccc5oc6c(-c7ccc8ccc9ccccc9c8c7)cccc6c45)n3)ccc2c1. The van der Waals surface area contributed by atoms with Crippen LogP contribution in [0.15, 0.2) is 185 Å². The zero-order chi connectivity index (χ0) is 36.7. The summed E-state index contributed by atoms with van der Waals surface area (Å²) < 4.78 is 13.1. The second kappa shape index (κ2) is 11.9. The zero-order valence-electron chi connectivity index (χ0n) is 29.9. The van der Waals surface area contributed by atoms with E-state index < -0.39 is 0 Å². The van der Waals surface area contributed by atoms with Gasteiger partial charge in [-0.3, -0.25) is 0 Å². The van der Waals surface area contributed by atoms with Crippen LogP contribution in [0.4, 0.5) is 0 Å². The third-order valence-corrected chi connectivity index (χ3v) is 11.1. The van der Waals surface area contributed by atoms with Crippen LogP contribution in [0.3, 0.4) is 0 Å². The van der Waals surface area contributed by atoms with Crippen LogP contribution in [0.1, 0.15) is 0 Å². The Labute approximate surface area is 320 Å². The maximum Gasteiger partial charge on any atom is 0.164 e. The highest BCUT2D eigenvalue weighted by Crippen LogP contribution is 2.42. The molecule has 0 spiro atoms. The van der Waals surface area contributed by atoms with E-state index in [2.05, 4.69) is 133 Å². The molecule has 0 aliphatic rings. The first-order chi connectivity index (χ1) is 27.7. The number of fused-ring (bicyclic) bond motifs is 10. The average Bonchev–Trinajstić information content (AvgIpc) is 3.85. The highest BCUT2D eigenvalue weighted by atomic mass is 16.3. The summed E-state index contributed by atoms with van der Waals surface area (Å²) in [5, 5.41) is 11.1. The van der Waals surface area contributed by atoms with Crippen LogP contribution in [0, 0.1) is 0 Å². The van der Waals surface area contributed by atoms with Crippen molar-refractivity contribution >= 4 is 76.2 Å². The van der Waals surface area contributed by atoms with Crippen LogP contribution in [-0.2, 0) is 0 Å². The van der Waals surface area contributed by atoms with Crippen molar-refractivity contribution in [2.75, 3.05) is 0 Å². The van der Waals surface area contributed by atoms with E-state index in [-0.39, 0.29) is 0 Å². The molecular weight excluding hydrogens is 687 g/mol. The molecule has 0 saturated carbocycles. The quantitative estimate of drug-likeness (QED) is 0.170. The monoisotopic (exact) mass is 715 g/mol. The normalized spacial score (nSPS) is 11.9. The molecule has 9 aromatic carbocycles. The first-order valence-corrected chi connectivity index (χ1v) is 18.8. The molecule has 0 fully saturated rings. The molecule has 12 aromatic rings. The average molecular weight is 716 g/mol. The lowest BCUT2D eigenvalue weighted by Gasteiger charge is -2.10. The van der Waals surface area contributed by atoms with Crippen molar-refractivity contribution < 1.29 is 8.83 Å². The molecule has 0 radical (unpaired) electrons. The number of aromatic nitrogens is 3. The molecule has 5 nitrogen and oxygen atoms in total. The van der Waals surface area contributed by atoms with Gasteiger partial charge in [-0.25, -0.2) is 15.0 Å². The van der Waals surface area contributed by atoms with Gasteiger partial charge in [-0.15, -0.1) is 0 Å². The van der Waals surface area contributed by atoms with Gasteiger partial charge in [0.25, 0.3) is 0 Å². The molecule has 0 aliphatic heterocycles. The van der Waals surface area contributed by atoms with Gasteiger partial charge in [0.2, 0.25) is 0 Å². The first-order valence-electron chi connectivity index (χ1n) is 18.8. The number of hydrogen-bond acceptors (Lipinski definition) is 5. The Kier molecular flexibility index (Phi) is 6.56. The summed E-state index contributed by atoms with van der Waals surface area (Å²) in [6, 6.07) is 61.0. The topological polar surface area (TPSA) is 65.0 Å². The summed E-state index contributed by atoms with van der Waals surface area (Å²) in [4.78, 5) is 15.7. The van der Waals surface area contributed by atoms with Gasteiger partial charge in [-0.05, 0) is 68.2 Å². The van der Waals surface area contributed by atoms with Crippen LogP contribution in [0.25, 0.3) is 121 Å². The van der Waals surface area contributed by atoms with E-state index in [1.165, 1.54) is 21.5 Å². The van der Waals surface area contributed by atoms with Gasteiger partial charge >= 0.3 is 0 Å². The van der Waals surface area contributed by atoms with E-state index >= 15 is 0 Å². The summed E-state index contributed by atoms with van der Waals surface area (Å²) in [5.74, 6) is 1.73. The fourth-order valence-electron chi connectivity index (χ4n) is 8.47. The van der Waals surface area contributed by atoms with Crippen molar-refractivity contribution in [3.05, 3.63) is 176 Å². The summed E-state index contributed by atoms with van der Waals surface area (Å²) in [5.41, 5.74) is 8.01. The third-order valence-electron chi connectivity index (χ3n) is 11.1. The Balaban J connectivity index is 1.10. The minimum Gasteiger partial charge on any atom is -0.456 e. The van der Waals surface area contributed by atoms with Crippen molar-refractivity contribution in [2.45, 2.75) is 0 Å². The molecule has 0 saturated heterocycles. The van der Waals surface area contributed by atoms with E-state index in [0.717, 1.165) is 82.5 Å². The Morgan fingerprint density at radius 3 is 1.66 bits per heavy atom. The summed E-state index contributed by atoms with van der Waals surface area (Å²) in [6.45, 7) is 0. The Morgan fingerprint density at radius 1 is 0.304 bits per heavy atom. The Bertz CT molecular complexity index is 3560. The van der Waals surface area contributed by atoms with E-state index in [0.29, 0.717) is 17.5 Å². The van der Waals surface area contributed by atoms with Gasteiger partial charge < -0.3 is 8.83 Å². The maximum atomic E-state index is 6.79. The van der Waals surface area contributed by atoms with Gasteiger partial charge in [-0.2, -0.15) is 0 Å². The fraction of sp³-hybridized carbons (Fsp3) is 0. The Hall–Kier alpha value is -7.63. The third kappa shape index (κ3) is 4.71. The largest absolute Gasteiger partial charge is 0.456 e. The maximum absolute atomic E-state index is 6.79. The second-order valence-electron chi connectivity index (χ2n) is 14.3. The second-order valence-corrected chi connectivity index (χ2v) is 14.3. The van der Waals surface area contributed by atoms with Crippen molar-refractivity contribution in [1.82, 2.24) is 15.0 Å². The van der Waals surface area contributed by atoms with Crippen LogP contribution in [0.2, 0.25) is 0 Å². The molecule has 3 aromatic heterocycles. The molecule has 56 heavy (non-hydrogen) atoms. The highest BCUT2D eigenvalue weighted by Gasteiger charge is 2.21. The molecule has 0 unspecified atom stereocenters. The van der Waals surface area contributed by atoms with Crippen LogP contribution in [-0.4, -0.2) is 15.0 Å². The van der Waals surface area contributed by atoms with E-state index in [9.17, 15) is 0 Å². The van der Waals surface area contributed by atoms with Gasteiger partial charge in [0.15, 0.2) is 17.5 Å². The highest BCUT2D eigenvalue weighted by molar-refractivity contribution is 6.16. The molecule has 0 N–H and O–H groups in total. The predicted molar refractivity (Wildman–Crippen MR) is 229 cm³/mol. The molecule has 12 rings (SSSR count). The summed E-state index contributed by atoms with van der Waals surface area (Å²) >= 11 is 0. The van der Waals surface area contributed by atoms with Crippen LogP contribution in [0.5, 0.6) is 0 Å². The summed E-state index contributed by atoms with van der Waals surface area (Å²) in [7, 11) is 0. The van der Waals surface area contributed by atoms with E-state index in [1.807, 2.05) is 42.5 Å². The smallest absolute Gasteiger partial charge is 0.164 e. The van der Waals surface area contributed by atoms with Crippen molar-refractivity contribution in [2.24, 2.45) is 0 Å². The van der Waals surface area contributed by atoms with Crippen molar-refractivity contribution in [3.63, 3.8) is 0 Å². The fourth-order valence-corrected chi connectivity index (χ4v) is 8.47. The van der Waals surface area contributed by atoms with Gasteiger partial charge in [0.1, 0.15) is 22.3 Å². The van der Waals surface area contributed by atoms with Crippen LogP contribution >= 0.6 is 0 Å². The minimum atomic E-state index is 0.568. The predicted octanol–water partition coefficient (Wildman–Crippen LogP) is 13.8. The zero-order valence-corrected chi connectivity index (χ0v) is 29.9. The number of rotatable bonds is 4. The van der Waals surface area contributed by atoms with Gasteiger partial charge in [0.05, 0.1) is 0 Å². The van der Waals surface area contributed by atoms with Gasteiger partial charge in [0, 0.05) is 43.8 Å². The number of para-hydroxylation sites is 2.